The number of hydrogen-bond donors (Lipinski definition) is 5. The monoisotopic (exact) mass is 802 g/mol. The Morgan fingerprint density at radius 1 is 1.02 bits per heavy atom. The molecule has 0 spiro atoms. The van der Waals surface area contributed by atoms with E-state index in [9.17, 15) is 41.9 Å². The van der Waals surface area contributed by atoms with Crippen molar-refractivity contribution in [1.29, 1.82) is 0 Å². The molecule has 0 atom stereocenters. The van der Waals surface area contributed by atoms with E-state index in [4.69, 9.17) is 4.42 Å². The van der Waals surface area contributed by atoms with Gasteiger partial charge in [-0.3, -0.25) is 19.2 Å². The molecule has 0 aliphatic heterocycles. The van der Waals surface area contributed by atoms with Crippen LogP contribution in [-0.4, -0.2) is 68.7 Å². The van der Waals surface area contributed by atoms with Crippen LogP contribution in [0.15, 0.2) is 71.2 Å². The number of furan rings is 1. The van der Waals surface area contributed by atoms with Crippen LogP contribution in [-0.2, 0) is 46.2 Å². The number of carbonyl (C=O) groups excluding carboxylic acids is 5. The molecular formula is C41H43FN4O10S. The summed E-state index contributed by atoms with van der Waals surface area (Å²) in [5, 5.41) is 19.1. The fourth-order valence-electron chi connectivity index (χ4n) is 7.05. The smallest absolute Gasteiger partial charge is 0.379 e. The van der Waals surface area contributed by atoms with Crippen molar-refractivity contribution in [2.24, 2.45) is 0 Å². The summed E-state index contributed by atoms with van der Waals surface area (Å²) in [5.41, 5.74) is 1.71. The molecular weight excluding hydrogens is 760 g/mol. The molecule has 2 aliphatic rings. The maximum atomic E-state index is 13.7. The van der Waals surface area contributed by atoms with Crippen LogP contribution in [0, 0.1) is 5.82 Å². The molecule has 6 rings (SSSR count). The minimum Gasteiger partial charge on any atom is -0.507 e. The molecule has 1 aromatic heterocycles. The molecule has 0 bridgehead atoms. The summed E-state index contributed by atoms with van der Waals surface area (Å²) in [6.45, 7) is 0.944. The van der Waals surface area contributed by atoms with Crippen LogP contribution in [0.1, 0.15) is 84.0 Å². The summed E-state index contributed by atoms with van der Waals surface area (Å²) in [7, 11) is -2.62. The molecule has 3 aromatic carbocycles. The Morgan fingerprint density at radius 3 is 2.40 bits per heavy atom. The summed E-state index contributed by atoms with van der Waals surface area (Å²) < 4.78 is 53.7. The first kappa shape index (κ1) is 40.8. The highest BCUT2D eigenvalue weighted by atomic mass is 32.2. The number of hydrogen-bond acceptors (Lipinski definition) is 10. The lowest BCUT2D eigenvalue weighted by molar-refractivity contribution is -0.151. The maximum absolute atomic E-state index is 13.7. The van der Waals surface area contributed by atoms with Gasteiger partial charge in [-0.2, -0.15) is 0 Å². The van der Waals surface area contributed by atoms with E-state index >= 15 is 0 Å². The predicted octanol–water partition coefficient (Wildman–Crippen LogP) is 4.67. The zero-order valence-electron chi connectivity index (χ0n) is 31.4. The first-order valence-electron chi connectivity index (χ1n) is 18.6. The van der Waals surface area contributed by atoms with E-state index in [0.717, 1.165) is 24.5 Å². The molecule has 14 nitrogen and oxygen atoms in total. The van der Waals surface area contributed by atoms with E-state index in [1.807, 2.05) is 0 Å². The number of ether oxygens (including phenoxy) is 1. The number of fused-ring (bicyclic) bond motifs is 1. The summed E-state index contributed by atoms with van der Waals surface area (Å²) in [4.78, 5) is 63.5. The number of amides is 3. The van der Waals surface area contributed by atoms with E-state index < -0.39 is 68.9 Å². The van der Waals surface area contributed by atoms with Gasteiger partial charge < -0.3 is 30.2 Å². The van der Waals surface area contributed by atoms with Gasteiger partial charge in [-0.15, -0.1) is 0 Å². The van der Waals surface area contributed by atoms with Crippen molar-refractivity contribution < 1.29 is 51.0 Å². The second-order valence-corrected chi connectivity index (χ2v) is 15.9. The third kappa shape index (κ3) is 9.57. The number of ketones is 1. The number of aliphatic hydroxyl groups excluding tert-OH is 1. The van der Waals surface area contributed by atoms with Crippen LogP contribution < -0.4 is 20.7 Å². The minimum absolute atomic E-state index is 0.00438. The quantitative estimate of drug-likeness (QED) is 0.0458. The molecule has 2 fully saturated rings. The maximum Gasteiger partial charge on any atom is 0.379 e. The average molecular weight is 803 g/mol. The molecule has 1 heterocycles. The average Bonchev–Trinajstić information content (AvgIpc) is 3.81. The highest BCUT2D eigenvalue weighted by Crippen LogP contribution is 2.45. The number of halogens is 1. The third-order valence-corrected chi connectivity index (χ3v) is 11.3. The Bertz CT molecular complexity index is 2360. The van der Waals surface area contributed by atoms with Gasteiger partial charge in [-0.25, -0.2) is 22.3 Å². The number of carbonyl (C=O) groups is 5. The van der Waals surface area contributed by atoms with Gasteiger partial charge in [0.05, 0.1) is 24.5 Å². The normalized spacial score (nSPS) is 15.2. The van der Waals surface area contributed by atoms with Crippen LogP contribution in [0.3, 0.4) is 0 Å². The van der Waals surface area contributed by atoms with Gasteiger partial charge in [-0.05, 0) is 97.7 Å². The molecule has 16 heteroatoms. The van der Waals surface area contributed by atoms with E-state index in [1.165, 1.54) is 43.4 Å². The van der Waals surface area contributed by atoms with Gasteiger partial charge >= 0.3 is 5.97 Å². The molecule has 0 unspecified atom stereocenters. The summed E-state index contributed by atoms with van der Waals surface area (Å²) in [6, 6.07) is 15.2. The van der Waals surface area contributed by atoms with Gasteiger partial charge in [0.2, 0.25) is 21.8 Å². The lowest BCUT2D eigenvalue weighted by atomic mass is 9.96. The summed E-state index contributed by atoms with van der Waals surface area (Å²) >= 11 is 0. The van der Waals surface area contributed by atoms with Crippen LogP contribution in [0.5, 0.6) is 0 Å². The van der Waals surface area contributed by atoms with Gasteiger partial charge in [0.15, 0.2) is 0 Å². The fraction of sp³-hybridized carbons (Fsp3) is 0.341. The van der Waals surface area contributed by atoms with Crippen molar-refractivity contribution >= 4 is 56.2 Å². The summed E-state index contributed by atoms with van der Waals surface area (Å²) in [5.74, 6) is -4.79. The SMILES string of the molecule is CCOC(=O)C(=O)C=C(O)c1cccc(CNC(=O)C2(NC(=O)CNS(=O)(=O)Cc3cc4oc(-c5ccc(F)cc5)c(C(=O)NC)c4cc3C3CC3)CCCC2)c1. The van der Waals surface area contributed by atoms with Gasteiger partial charge in [-0.1, -0.05) is 31.0 Å². The molecule has 3 amide bonds. The Morgan fingerprint density at radius 2 is 1.74 bits per heavy atom. The molecule has 2 saturated carbocycles. The van der Waals surface area contributed by atoms with Gasteiger partial charge in [0.25, 0.3) is 11.7 Å². The molecule has 2 aliphatic carbocycles. The van der Waals surface area contributed by atoms with Crippen LogP contribution in [0.2, 0.25) is 0 Å². The Hall–Kier alpha value is -5.87. The van der Waals surface area contributed by atoms with Crippen molar-refractivity contribution in [2.75, 3.05) is 20.2 Å². The second-order valence-electron chi connectivity index (χ2n) is 14.1. The zero-order chi connectivity index (χ0) is 40.9. The molecule has 0 saturated heterocycles. The molecule has 57 heavy (non-hydrogen) atoms. The highest BCUT2D eigenvalue weighted by molar-refractivity contribution is 7.88. The molecule has 300 valence electrons. The fourth-order valence-corrected chi connectivity index (χ4v) is 8.16. The number of aliphatic hydroxyl groups is 1. The number of benzene rings is 3. The van der Waals surface area contributed by atoms with Gasteiger partial charge in [0, 0.05) is 36.2 Å². The molecule has 5 N–H and O–H groups in total. The summed E-state index contributed by atoms with van der Waals surface area (Å²) in [6.07, 6.45) is 4.41. The predicted molar refractivity (Wildman–Crippen MR) is 207 cm³/mol. The highest BCUT2D eigenvalue weighted by Gasteiger charge is 2.42. The third-order valence-electron chi connectivity index (χ3n) is 10.0. The Balaban J connectivity index is 1.12. The standard InChI is InChI=1S/C41H43FN4O10S/c1-3-55-39(51)33(48)20-32(47)27-8-6-7-24(17-27)21-44-40(52)41(15-4-5-16-41)46-35(49)22-45-57(53,54)23-28-18-34-31(19-30(28)25-9-10-25)36(38(50)43-2)37(56-34)26-11-13-29(42)14-12-26/h6-8,11-14,17-20,25,45,47H,3-5,9-10,15-16,21-23H2,1-2H3,(H,43,50)(H,44,52)(H,46,49). The largest absolute Gasteiger partial charge is 0.507 e. The van der Waals surface area contributed by atoms with E-state index in [2.05, 4.69) is 25.4 Å². The number of esters is 1. The van der Waals surface area contributed by atoms with Crippen molar-refractivity contribution in [2.45, 2.75) is 69.2 Å². The Labute approximate surface area is 328 Å². The van der Waals surface area contributed by atoms with E-state index in [0.29, 0.717) is 47.8 Å². The lowest BCUT2D eigenvalue weighted by Gasteiger charge is -2.29. The van der Waals surface area contributed by atoms with Crippen LogP contribution in [0.25, 0.3) is 28.1 Å². The van der Waals surface area contributed by atoms with E-state index in [1.54, 1.807) is 31.2 Å². The number of sulfonamides is 1. The van der Waals surface area contributed by atoms with Gasteiger partial charge in [0.1, 0.15) is 28.5 Å². The number of nitrogens with one attached hydrogen (secondary N) is 4. The lowest BCUT2D eigenvalue weighted by Crippen LogP contribution is -2.58. The second kappa shape index (κ2) is 17.1. The van der Waals surface area contributed by atoms with Crippen molar-refractivity contribution in [3.8, 4) is 11.3 Å². The zero-order valence-corrected chi connectivity index (χ0v) is 32.2. The molecule has 4 aromatic rings. The van der Waals surface area contributed by atoms with Crippen LogP contribution >= 0.6 is 0 Å². The minimum atomic E-state index is -4.10. The topological polar surface area (TPSA) is 210 Å². The van der Waals surface area contributed by atoms with Crippen LogP contribution in [0.4, 0.5) is 4.39 Å². The Kier molecular flexibility index (Phi) is 12.2. The van der Waals surface area contributed by atoms with Crippen molar-refractivity contribution in [1.82, 2.24) is 20.7 Å². The first-order chi connectivity index (χ1) is 27.2. The first-order valence-corrected chi connectivity index (χ1v) is 20.2. The van der Waals surface area contributed by atoms with Crippen molar-refractivity contribution in [3.05, 3.63) is 100 Å². The number of rotatable bonds is 16. The molecule has 0 radical (unpaired) electrons. The van der Waals surface area contributed by atoms with E-state index in [-0.39, 0.29) is 41.5 Å². The van der Waals surface area contributed by atoms with Crippen molar-refractivity contribution in [3.63, 3.8) is 0 Å².